The van der Waals surface area contributed by atoms with Crippen LogP contribution in [0.2, 0.25) is 0 Å². The number of nitrogens with one attached hydrogen (secondary N) is 1. The molecular weight excluding hydrogens is 899 g/mol. The van der Waals surface area contributed by atoms with Crippen LogP contribution in [-0.2, 0) is 14.3 Å². The van der Waals surface area contributed by atoms with Crippen molar-refractivity contribution in [2.75, 3.05) is 13.2 Å². The summed E-state index contributed by atoms with van der Waals surface area (Å²) in [6.45, 7) is 3.78. The molecule has 1 aliphatic rings. The number of aliphatic hydroxyl groups is 5. The molecule has 6 N–H and O–H groups in total. The second kappa shape index (κ2) is 52.6. The molecule has 1 aliphatic heterocycles. The molecule has 7 atom stereocenters. The quantitative estimate of drug-likeness (QED) is 0.0261. The number of hydrogen-bond acceptors (Lipinski definition) is 8. The Kier molecular flexibility index (Phi) is 49.8. The van der Waals surface area contributed by atoms with Gasteiger partial charge in [0, 0.05) is 6.42 Å². The summed E-state index contributed by atoms with van der Waals surface area (Å²) < 4.78 is 11.3. The predicted molar refractivity (Wildman–Crippen MR) is 304 cm³/mol. The zero-order valence-electron chi connectivity index (χ0n) is 46.9. The molecule has 0 saturated carbocycles. The van der Waals surface area contributed by atoms with E-state index in [2.05, 4.69) is 55.6 Å². The van der Waals surface area contributed by atoms with Gasteiger partial charge in [-0.3, -0.25) is 4.79 Å². The van der Waals surface area contributed by atoms with Crippen LogP contribution >= 0.6 is 0 Å². The molecule has 0 aromatic rings. The van der Waals surface area contributed by atoms with Crippen molar-refractivity contribution in [3.05, 3.63) is 48.6 Å². The fourth-order valence-corrected chi connectivity index (χ4v) is 9.72. The molecule has 422 valence electrons. The fraction of sp³-hybridized carbons (Fsp3) is 0.857. The number of rotatable bonds is 53. The van der Waals surface area contributed by atoms with E-state index < -0.39 is 49.5 Å². The molecule has 7 unspecified atom stereocenters. The Morgan fingerprint density at radius 2 is 0.792 bits per heavy atom. The van der Waals surface area contributed by atoms with Crippen LogP contribution in [0.3, 0.4) is 0 Å². The highest BCUT2D eigenvalue weighted by atomic mass is 16.7. The lowest BCUT2D eigenvalue weighted by Crippen LogP contribution is -2.60. The van der Waals surface area contributed by atoms with Crippen molar-refractivity contribution in [3.63, 3.8) is 0 Å². The van der Waals surface area contributed by atoms with Gasteiger partial charge in [-0.2, -0.15) is 0 Å². The summed E-state index contributed by atoms with van der Waals surface area (Å²) >= 11 is 0. The van der Waals surface area contributed by atoms with Gasteiger partial charge in [0.1, 0.15) is 24.4 Å². The van der Waals surface area contributed by atoms with Crippen molar-refractivity contribution in [1.82, 2.24) is 5.32 Å². The molecular formula is C63H117NO8. The molecule has 0 aromatic carbocycles. The van der Waals surface area contributed by atoms with Gasteiger partial charge in [0.25, 0.3) is 0 Å². The summed E-state index contributed by atoms with van der Waals surface area (Å²) in [4.78, 5) is 13.1. The lowest BCUT2D eigenvalue weighted by atomic mass is 9.99. The Hall–Kier alpha value is -1.85. The van der Waals surface area contributed by atoms with Crippen LogP contribution in [0.15, 0.2) is 48.6 Å². The monoisotopic (exact) mass is 1020 g/mol. The minimum absolute atomic E-state index is 0.187. The number of carbonyl (C=O) groups is 1. The molecule has 9 nitrogen and oxygen atoms in total. The fourth-order valence-electron chi connectivity index (χ4n) is 9.72. The molecule has 1 amide bonds. The normalized spacial score (nSPS) is 19.5. The van der Waals surface area contributed by atoms with Crippen molar-refractivity contribution in [2.45, 2.75) is 333 Å². The molecule has 1 saturated heterocycles. The van der Waals surface area contributed by atoms with Gasteiger partial charge in [-0.05, 0) is 70.6 Å². The molecule has 1 fully saturated rings. The zero-order chi connectivity index (χ0) is 52.2. The smallest absolute Gasteiger partial charge is 0.220 e. The van der Waals surface area contributed by atoms with Crippen LogP contribution in [0.5, 0.6) is 0 Å². The number of ether oxygens (including phenoxy) is 2. The van der Waals surface area contributed by atoms with Crippen molar-refractivity contribution in [2.24, 2.45) is 0 Å². The van der Waals surface area contributed by atoms with Crippen molar-refractivity contribution < 1.29 is 39.8 Å². The van der Waals surface area contributed by atoms with E-state index in [4.69, 9.17) is 9.47 Å². The second-order valence-electron chi connectivity index (χ2n) is 21.5. The first-order valence-corrected chi connectivity index (χ1v) is 30.9. The van der Waals surface area contributed by atoms with Gasteiger partial charge < -0.3 is 40.3 Å². The van der Waals surface area contributed by atoms with Gasteiger partial charge in [-0.25, -0.2) is 0 Å². The number of aliphatic hydroxyl groups excluding tert-OH is 5. The van der Waals surface area contributed by atoms with Crippen molar-refractivity contribution >= 4 is 5.91 Å². The first-order chi connectivity index (χ1) is 35.3. The second-order valence-corrected chi connectivity index (χ2v) is 21.5. The topological polar surface area (TPSA) is 149 Å². The van der Waals surface area contributed by atoms with Gasteiger partial charge in [0.05, 0.1) is 25.4 Å². The minimum atomic E-state index is -1.57. The van der Waals surface area contributed by atoms with Crippen molar-refractivity contribution in [1.29, 1.82) is 0 Å². The van der Waals surface area contributed by atoms with Crippen LogP contribution in [0.25, 0.3) is 0 Å². The van der Waals surface area contributed by atoms with Gasteiger partial charge >= 0.3 is 0 Å². The summed E-state index contributed by atoms with van der Waals surface area (Å²) in [5.74, 6) is -0.187. The molecule has 9 heteroatoms. The Bertz CT molecular complexity index is 1270. The molecule has 0 aliphatic carbocycles. The van der Waals surface area contributed by atoms with E-state index in [1.165, 1.54) is 225 Å². The standard InChI is InChI=1S/C63H117NO8/c1-3-5-7-9-11-13-15-17-19-21-23-24-25-26-27-28-29-30-31-32-33-34-35-37-39-41-43-45-47-49-51-53-59(67)64-56(55-71-63-62(70)61(69)60(68)58(54-65)72-63)57(66)52-50-48-46-44-42-40-38-36-22-20-18-16-14-12-10-8-6-4-2/h21-23,36,42,44,50,52,56-58,60-63,65-66,68-70H,3-20,24-35,37-41,43,45-49,51,53-55H2,1-2H3,(H,64,67)/b23-21-,36-22+,44-42+,52-50+. The Labute approximate surface area is 444 Å². The molecule has 0 radical (unpaired) electrons. The number of carbonyl (C=O) groups excluding carboxylic acids is 1. The van der Waals surface area contributed by atoms with E-state index >= 15 is 0 Å². The lowest BCUT2D eigenvalue weighted by Gasteiger charge is -2.40. The summed E-state index contributed by atoms with van der Waals surface area (Å²) in [6.07, 6.45) is 63.4. The largest absolute Gasteiger partial charge is 0.394 e. The first kappa shape index (κ1) is 68.2. The third-order valence-electron chi connectivity index (χ3n) is 14.6. The highest BCUT2D eigenvalue weighted by molar-refractivity contribution is 5.76. The number of amides is 1. The van der Waals surface area contributed by atoms with Crippen LogP contribution < -0.4 is 5.32 Å². The summed E-state index contributed by atoms with van der Waals surface area (Å²) in [5.41, 5.74) is 0. The van der Waals surface area contributed by atoms with Gasteiger partial charge in [0.15, 0.2) is 6.29 Å². The molecule has 1 rings (SSSR count). The van der Waals surface area contributed by atoms with Gasteiger partial charge in [0.2, 0.25) is 5.91 Å². The van der Waals surface area contributed by atoms with Crippen LogP contribution in [0.4, 0.5) is 0 Å². The summed E-state index contributed by atoms with van der Waals surface area (Å²) in [6, 6.07) is -0.828. The zero-order valence-corrected chi connectivity index (χ0v) is 46.9. The molecule has 72 heavy (non-hydrogen) atoms. The van der Waals surface area contributed by atoms with E-state index in [1.807, 2.05) is 6.08 Å². The Morgan fingerprint density at radius 3 is 1.17 bits per heavy atom. The van der Waals surface area contributed by atoms with E-state index in [0.29, 0.717) is 6.42 Å². The SMILES string of the molecule is CCCCCCCCCC/C=C\CCCCCCCCCCCCCCCCCCCCCC(=O)NC(COC1OC(CO)C(O)C(O)C1O)C(O)/C=C/CC/C=C/CC/C=C/CCCCCCCCCC. The van der Waals surface area contributed by atoms with E-state index in [9.17, 15) is 30.3 Å². The molecule has 1 heterocycles. The molecule has 0 aromatic heterocycles. The lowest BCUT2D eigenvalue weighted by molar-refractivity contribution is -0.302. The summed E-state index contributed by atoms with van der Waals surface area (Å²) in [5, 5.41) is 54.5. The average molecular weight is 1020 g/mol. The van der Waals surface area contributed by atoms with E-state index in [1.54, 1.807) is 6.08 Å². The maximum Gasteiger partial charge on any atom is 0.220 e. The highest BCUT2D eigenvalue weighted by Crippen LogP contribution is 2.23. The third-order valence-corrected chi connectivity index (χ3v) is 14.6. The first-order valence-electron chi connectivity index (χ1n) is 30.9. The maximum atomic E-state index is 13.1. The number of allylic oxidation sites excluding steroid dienone is 7. The number of unbranched alkanes of at least 4 members (excludes halogenated alkanes) is 37. The van der Waals surface area contributed by atoms with Gasteiger partial charge in [-0.1, -0.05) is 262 Å². The highest BCUT2D eigenvalue weighted by Gasteiger charge is 2.44. The molecule has 0 spiro atoms. The Balaban J connectivity index is 2.17. The van der Waals surface area contributed by atoms with E-state index in [-0.39, 0.29) is 12.5 Å². The van der Waals surface area contributed by atoms with Crippen LogP contribution in [-0.4, -0.2) is 87.5 Å². The minimum Gasteiger partial charge on any atom is -0.394 e. The van der Waals surface area contributed by atoms with Crippen molar-refractivity contribution in [3.8, 4) is 0 Å². The number of hydrogen-bond donors (Lipinski definition) is 6. The van der Waals surface area contributed by atoms with Gasteiger partial charge in [-0.15, -0.1) is 0 Å². The predicted octanol–water partition coefficient (Wildman–Crippen LogP) is 15.7. The average Bonchev–Trinajstić information content (AvgIpc) is 3.38. The molecule has 0 bridgehead atoms. The third kappa shape index (κ3) is 41.4. The van der Waals surface area contributed by atoms with Crippen LogP contribution in [0.1, 0.15) is 290 Å². The van der Waals surface area contributed by atoms with Crippen LogP contribution in [0, 0.1) is 0 Å². The van der Waals surface area contributed by atoms with E-state index in [0.717, 1.165) is 44.9 Å². The maximum absolute atomic E-state index is 13.1. The Morgan fingerprint density at radius 1 is 0.458 bits per heavy atom. The summed E-state index contributed by atoms with van der Waals surface area (Å²) in [7, 11) is 0.